The molecular formula is C23H32N5O+. The minimum absolute atomic E-state index is 0.0464. The minimum atomic E-state index is -0.0464. The summed E-state index contributed by atoms with van der Waals surface area (Å²) in [4.78, 5) is 8.92. The van der Waals surface area contributed by atoms with Gasteiger partial charge in [0.1, 0.15) is 12.4 Å². The van der Waals surface area contributed by atoms with Crippen LogP contribution in [0.15, 0.2) is 36.5 Å². The Hall–Kier alpha value is -2.44. The van der Waals surface area contributed by atoms with Gasteiger partial charge in [-0.2, -0.15) is 9.61 Å². The van der Waals surface area contributed by atoms with Crippen molar-refractivity contribution in [2.24, 2.45) is 0 Å². The van der Waals surface area contributed by atoms with E-state index in [0.29, 0.717) is 0 Å². The van der Waals surface area contributed by atoms with E-state index >= 15 is 0 Å². The first-order valence-electron chi connectivity index (χ1n) is 10.5. The molecule has 0 atom stereocenters. The number of rotatable bonds is 4. The number of hydrogen-bond donors (Lipinski definition) is 2. The summed E-state index contributed by atoms with van der Waals surface area (Å²) < 4.78 is 2.00. The van der Waals surface area contributed by atoms with Crippen LogP contribution < -0.4 is 9.80 Å². The third-order valence-electron chi connectivity index (χ3n) is 5.84. The van der Waals surface area contributed by atoms with Crippen molar-refractivity contribution in [3.05, 3.63) is 47.8 Å². The lowest BCUT2D eigenvalue weighted by Crippen LogP contribution is -3.15. The first-order chi connectivity index (χ1) is 13.9. The molecule has 2 N–H and O–H groups in total. The molecule has 3 heterocycles. The number of quaternary nitrogens is 1. The summed E-state index contributed by atoms with van der Waals surface area (Å²) in [5.74, 6) is 1.11. The SMILES string of the molecule is Cc1ccc(-c2cnn3c(N4CC[NH+](CCO)CC4)cc(C(C)(C)C)nc23)cc1. The summed E-state index contributed by atoms with van der Waals surface area (Å²) in [6.45, 7) is 13.8. The van der Waals surface area contributed by atoms with Gasteiger partial charge >= 0.3 is 0 Å². The Labute approximate surface area is 172 Å². The topological polar surface area (TPSA) is 58.1 Å². The molecule has 1 aliphatic heterocycles. The summed E-state index contributed by atoms with van der Waals surface area (Å²) >= 11 is 0. The second-order valence-electron chi connectivity index (χ2n) is 9.12. The Morgan fingerprint density at radius 2 is 1.79 bits per heavy atom. The van der Waals surface area contributed by atoms with Crippen molar-refractivity contribution < 1.29 is 10.0 Å². The van der Waals surface area contributed by atoms with Crippen molar-refractivity contribution in [2.45, 2.75) is 33.1 Å². The van der Waals surface area contributed by atoms with Crippen molar-refractivity contribution in [2.75, 3.05) is 44.2 Å². The Bertz CT molecular complexity index is 979. The number of aliphatic hydroxyl groups excluding tert-OH is 1. The summed E-state index contributed by atoms with van der Waals surface area (Å²) in [6.07, 6.45) is 1.94. The molecule has 0 saturated carbocycles. The summed E-state index contributed by atoms with van der Waals surface area (Å²) in [7, 11) is 0. The molecule has 0 aliphatic carbocycles. The van der Waals surface area contributed by atoms with Gasteiger partial charge in [-0.15, -0.1) is 0 Å². The van der Waals surface area contributed by atoms with Crippen LogP contribution in [0, 0.1) is 6.92 Å². The van der Waals surface area contributed by atoms with Crippen LogP contribution in [-0.4, -0.2) is 59.0 Å². The maximum absolute atomic E-state index is 9.24. The molecule has 6 heteroatoms. The van der Waals surface area contributed by atoms with Crippen molar-refractivity contribution in [3.63, 3.8) is 0 Å². The number of anilines is 1. The predicted octanol–water partition coefficient (Wildman–Crippen LogP) is 1.70. The van der Waals surface area contributed by atoms with Gasteiger partial charge < -0.3 is 14.9 Å². The number of aliphatic hydroxyl groups is 1. The van der Waals surface area contributed by atoms with E-state index in [1.807, 2.05) is 10.7 Å². The van der Waals surface area contributed by atoms with Crippen molar-refractivity contribution in [1.82, 2.24) is 14.6 Å². The van der Waals surface area contributed by atoms with Crippen LogP contribution in [0.25, 0.3) is 16.8 Å². The molecule has 154 valence electrons. The standard InChI is InChI=1S/C23H31N5O/c1-17-5-7-18(8-6-17)19-16-24-28-21(15-20(23(2,3)4)25-22(19)28)27-11-9-26(10-12-27)13-14-29/h5-8,15-16,29H,9-14H2,1-4H3/p+1. The number of nitrogens with zero attached hydrogens (tertiary/aromatic N) is 4. The molecule has 3 aromatic rings. The van der Waals surface area contributed by atoms with Gasteiger partial charge in [-0.25, -0.2) is 4.98 Å². The largest absolute Gasteiger partial charge is 0.391 e. The van der Waals surface area contributed by atoms with Gasteiger partial charge in [0.2, 0.25) is 0 Å². The molecule has 4 rings (SSSR count). The van der Waals surface area contributed by atoms with Crippen molar-refractivity contribution in [1.29, 1.82) is 0 Å². The van der Waals surface area contributed by atoms with Crippen LogP contribution in [0.5, 0.6) is 0 Å². The second kappa shape index (κ2) is 7.76. The summed E-state index contributed by atoms with van der Waals surface area (Å²) in [5.41, 5.74) is 5.42. The highest BCUT2D eigenvalue weighted by Gasteiger charge is 2.26. The van der Waals surface area contributed by atoms with Gasteiger partial charge in [0.25, 0.3) is 0 Å². The Balaban J connectivity index is 1.79. The summed E-state index contributed by atoms with van der Waals surface area (Å²) in [5, 5.41) is 14.0. The maximum atomic E-state index is 9.24. The average molecular weight is 395 g/mol. The van der Waals surface area contributed by atoms with Crippen LogP contribution in [-0.2, 0) is 5.41 Å². The fraction of sp³-hybridized carbons (Fsp3) is 0.478. The van der Waals surface area contributed by atoms with E-state index in [9.17, 15) is 5.11 Å². The van der Waals surface area contributed by atoms with Crippen LogP contribution in [0.2, 0.25) is 0 Å². The van der Waals surface area contributed by atoms with Crippen LogP contribution in [0.4, 0.5) is 5.82 Å². The number of nitrogens with one attached hydrogen (secondary N) is 1. The third kappa shape index (κ3) is 4.00. The highest BCUT2D eigenvalue weighted by molar-refractivity contribution is 5.78. The lowest BCUT2D eigenvalue weighted by molar-refractivity contribution is -0.900. The average Bonchev–Trinajstić information content (AvgIpc) is 3.12. The van der Waals surface area contributed by atoms with E-state index in [2.05, 4.69) is 62.9 Å². The lowest BCUT2D eigenvalue weighted by Gasteiger charge is -2.34. The molecule has 29 heavy (non-hydrogen) atoms. The third-order valence-corrected chi connectivity index (χ3v) is 5.84. The smallest absolute Gasteiger partial charge is 0.165 e. The van der Waals surface area contributed by atoms with Gasteiger partial charge in [-0.1, -0.05) is 50.6 Å². The zero-order valence-corrected chi connectivity index (χ0v) is 17.9. The quantitative estimate of drug-likeness (QED) is 0.707. The van der Waals surface area contributed by atoms with Crippen LogP contribution >= 0.6 is 0 Å². The molecule has 1 aromatic carbocycles. The number of aryl methyl sites for hydroxylation is 1. The van der Waals surface area contributed by atoms with Gasteiger partial charge in [0.05, 0.1) is 44.7 Å². The minimum Gasteiger partial charge on any atom is -0.391 e. The fourth-order valence-electron chi connectivity index (χ4n) is 3.95. The normalized spacial score (nSPS) is 16.0. The van der Waals surface area contributed by atoms with Crippen molar-refractivity contribution >= 4 is 11.5 Å². The number of fused-ring (bicyclic) bond motifs is 1. The molecule has 1 aliphatic rings. The molecule has 1 saturated heterocycles. The highest BCUT2D eigenvalue weighted by atomic mass is 16.3. The molecule has 0 amide bonds. The van der Waals surface area contributed by atoms with E-state index in [1.54, 1.807) is 0 Å². The summed E-state index contributed by atoms with van der Waals surface area (Å²) in [6, 6.07) is 10.8. The zero-order chi connectivity index (χ0) is 20.6. The molecule has 0 bridgehead atoms. The number of hydrogen-bond acceptors (Lipinski definition) is 4. The van der Waals surface area contributed by atoms with E-state index in [0.717, 1.165) is 61.0 Å². The molecule has 2 aromatic heterocycles. The van der Waals surface area contributed by atoms with E-state index < -0.39 is 0 Å². The van der Waals surface area contributed by atoms with E-state index in [4.69, 9.17) is 10.1 Å². The van der Waals surface area contributed by atoms with Gasteiger partial charge in [0, 0.05) is 17.0 Å². The number of benzene rings is 1. The van der Waals surface area contributed by atoms with E-state index in [1.165, 1.54) is 10.5 Å². The first kappa shape index (κ1) is 19.9. The monoisotopic (exact) mass is 394 g/mol. The zero-order valence-electron chi connectivity index (χ0n) is 17.9. The molecule has 0 unspecified atom stereocenters. The second-order valence-corrected chi connectivity index (χ2v) is 9.12. The van der Waals surface area contributed by atoms with E-state index in [-0.39, 0.29) is 12.0 Å². The molecular weight excluding hydrogens is 362 g/mol. The maximum Gasteiger partial charge on any atom is 0.165 e. The van der Waals surface area contributed by atoms with Crippen LogP contribution in [0.1, 0.15) is 32.0 Å². The number of aromatic nitrogens is 3. The molecule has 6 nitrogen and oxygen atoms in total. The van der Waals surface area contributed by atoms with Gasteiger partial charge in [0.15, 0.2) is 5.65 Å². The fourth-order valence-corrected chi connectivity index (χ4v) is 3.95. The number of piperazine rings is 1. The Morgan fingerprint density at radius 3 is 2.41 bits per heavy atom. The van der Waals surface area contributed by atoms with Gasteiger partial charge in [-0.05, 0) is 12.5 Å². The van der Waals surface area contributed by atoms with Crippen LogP contribution in [0.3, 0.4) is 0 Å². The lowest BCUT2D eigenvalue weighted by atomic mass is 9.91. The Morgan fingerprint density at radius 1 is 1.10 bits per heavy atom. The van der Waals surface area contributed by atoms with Gasteiger partial charge in [-0.3, -0.25) is 0 Å². The molecule has 0 radical (unpaired) electrons. The highest BCUT2D eigenvalue weighted by Crippen LogP contribution is 2.31. The van der Waals surface area contributed by atoms with Crippen molar-refractivity contribution in [3.8, 4) is 11.1 Å². The molecule has 1 fully saturated rings. The first-order valence-corrected chi connectivity index (χ1v) is 10.5. The Kier molecular flexibility index (Phi) is 5.32. The molecule has 0 spiro atoms. The predicted molar refractivity (Wildman–Crippen MR) is 117 cm³/mol.